The molecule has 0 bridgehead atoms. The molecule has 0 amide bonds. The molecule has 2 aromatic carbocycles. The maximum absolute atomic E-state index is 12.3. The SMILES string of the molecule is COc1cc(Cl)c(S(=O)(=O)Oc2cc(Cl)ccc2Cl)cc1Cl. The highest BCUT2D eigenvalue weighted by atomic mass is 35.5. The Kier molecular flexibility index (Phi) is 5.35. The van der Waals surface area contributed by atoms with E-state index in [2.05, 4.69) is 0 Å². The molecule has 0 radical (unpaired) electrons. The Morgan fingerprint density at radius 1 is 0.864 bits per heavy atom. The van der Waals surface area contributed by atoms with Crippen molar-refractivity contribution in [3.63, 3.8) is 0 Å². The second-order valence-corrected chi connectivity index (χ2v) is 7.20. The van der Waals surface area contributed by atoms with Crippen LogP contribution in [-0.4, -0.2) is 15.5 Å². The Hall–Kier alpha value is -0.850. The lowest BCUT2D eigenvalue weighted by Crippen LogP contribution is -2.11. The van der Waals surface area contributed by atoms with Crippen molar-refractivity contribution >= 4 is 56.5 Å². The fraction of sp³-hybridized carbons (Fsp3) is 0.0769. The number of halogens is 4. The molecule has 0 spiro atoms. The van der Waals surface area contributed by atoms with Crippen molar-refractivity contribution < 1.29 is 17.3 Å². The van der Waals surface area contributed by atoms with Crippen LogP contribution in [0.3, 0.4) is 0 Å². The zero-order valence-electron chi connectivity index (χ0n) is 10.9. The van der Waals surface area contributed by atoms with E-state index in [1.807, 2.05) is 0 Å². The first kappa shape index (κ1) is 17.5. The number of hydrogen-bond donors (Lipinski definition) is 0. The molecule has 0 saturated carbocycles. The van der Waals surface area contributed by atoms with Crippen LogP contribution in [0.1, 0.15) is 0 Å². The summed E-state index contributed by atoms with van der Waals surface area (Å²) in [5.41, 5.74) is 0. The maximum Gasteiger partial charge on any atom is 0.340 e. The summed E-state index contributed by atoms with van der Waals surface area (Å²) in [6.07, 6.45) is 0. The largest absolute Gasteiger partial charge is 0.495 e. The van der Waals surface area contributed by atoms with E-state index in [0.717, 1.165) is 6.07 Å². The van der Waals surface area contributed by atoms with Gasteiger partial charge in [-0.25, -0.2) is 0 Å². The molecule has 0 saturated heterocycles. The Morgan fingerprint density at radius 2 is 1.55 bits per heavy atom. The number of hydrogen-bond acceptors (Lipinski definition) is 4. The van der Waals surface area contributed by atoms with Crippen molar-refractivity contribution in [1.29, 1.82) is 0 Å². The van der Waals surface area contributed by atoms with Gasteiger partial charge >= 0.3 is 10.1 Å². The molecule has 0 unspecified atom stereocenters. The Labute approximate surface area is 147 Å². The number of rotatable bonds is 4. The fourth-order valence-electron chi connectivity index (χ4n) is 1.56. The lowest BCUT2D eigenvalue weighted by molar-refractivity contribution is 0.414. The van der Waals surface area contributed by atoms with Gasteiger partial charge in [0.15, 0.2) is 5.75 Å². The zero-order chi connectivity index (χ0) is 16.5. The Balaban J connectivity index is 2.47. The summed E-state index contributed by atoms with van der Waals surface area (Å²) in [6, 6.07) is 6.61. The standard InChI is InChI=1S/C13H8Cl4O4S/c1-20-11-5-10(17)13(6-9(11)16)22(18,19)21-12-4-7(14)2-3-8(12)15/h2-6H,1H3. The molecule has 0 aliphatic rings. The van der Waals surface area contributed by atoms with E-state index < -0.39 is 10.1 Å². The van der Waals surface area contributed by atoms with Gasteiger partial charge < -0.3 is 8.92 Å². The molecule has 0 heterocycles. The second-order valence-electron chi connectivity index (χ2n) is 4.03. The summed E-state index contributed by atoms with van der Waals surface area (Å²) < 4.78 is 34.6. The van der Waals surface area contributed by atoms with Crippen LogP contribution in [0.5, 0.6) is 11.5 Å². The monoisotopic (exact) mass is 400 g/mol. The van der Waals surface area contributed by atoms with Gasteiger partial charge in [-0.1, -0.05) is 46.4 Å². The van der Waals surface area contributed by atoms with E-state index >= 15 is 0 Å². The first-order valence-corrected chi connectivity index (χ1v) is 8.59. The second kappa shape index (κ2) is 6.72. The average molecular weight is 402 g/mol. The van der Waals surface area contributed by atoms with Crippen LogP contribution in [0.4, 0.5) is 0 Å². The molecule has 2 rings (SSSR count). The van der Waals surface area contributed by atoms with Gasteiger partial charge in [-0.2, -0.15) is 8.42 Å². The molecule has 0 atom stereocenters. The highest BCUT2D eigenvalue weighted by molar-refractivity contribution is 7.87. The Morgan fingerprint density at radius 3 is 2.18 bits per heavy atom. The summed E-state index contributed by atoms with van der Waals surface area (Å²) >= 11 is 23.5. The van der Waals surface area contributed by atoms with Crippen LogP contribution in [0.25, 0.3) is 0 Å². The number of ether oxygens (including phenoxy) is 1. The third-order valence-electron chi connectivity index (χ3n) is 2.57. The molecule has 0 fully saturated rings. The van der Waals surface area contributed by atoms with Gasteiger partial charge in [-0.15, -0.1) is 0 Å². The molecule has 118 valence electrons. The lowest BCUT2D eigenvalue weighted by atomic mass is 10.3. The van der Waals surface area contributed by atoms with Crippen LogP contribution >= 0.6 is 46.4 Å². The van der Waals surface area contributed by atoms with Crippen LogP contribution < -0.4 is 8.92 Å². The molecular formula is C13H8Cl4O4S. The van der Waals surface area contributed by atoms with E-state index in [-0.39, 0.29) is 36.5 Å². The van der Waals surface area contributed by atoms with E-state index in [0.29, 0.717) is 0 Å². The fourth-order valence-corrected chi connectivity index (χ4v) is 3.69. The predicted molar refractivity (Wildman–Crippen MR) is 87.3 cm³/mol. The summed E-state index contributed by atoms with van der Waals surface area (Å²) in [7, 11) is -2.86. The maximum atomic E-state index is 12.3. The topological polar surface area (TPSA) is 52.6 Å². The molecule has 0 N–H and O–H groups in total. The molecule has 0 aromatic heterocycles. The van der Waals surface area contributed by atoms with Gasteiger partial charge in [0, 0.05) is 17.2 Å². The molecule has 9 heteroatoms. The van der Waals surface area contributed by atoms with E-state index in [9.17, 15) is 8.42 Å². The van der Waals surface area contributed by atoms with Gasteiger partial charge in [0.05, 0.1) is 22.2 Å². The normalized spacial score (nSPS) is 11.3. The average Bonchev–Trinajstić information content (AvgIpc) is 2.44. The van der Waals surface area contributed by atoms with Crippen LogP contribution in [0, 0.1) is 0 Å². The summed E-state index contributed by atoms with van der Waals surface area (Å²) in [5.74, 6) is 0.128. The third-order valence-corrected chi connectivity index (χ3v) is 5.11. The van der Waals surface area contributed by atoms with Crippen LogP contribution in [0.2, 0.25) is 20.1 Å². The van der Waals surface area contributed by atoms with Crippen molar-refractivity contribution in [3.8, 4) is 11.5 Å². The predicted octanol–water partition coefficient (Wildman–Crippen LogP) is 5.08. The van der Waals surface area contributed by atoms with E-state index in [1.54, 1.807) is 0 Å². The van der Waals surface area contributed by atoms with Gasteiger partial charge in [0.1, 0.15) is 10.6 Å². The minimum Gasteiger partial charge on any atom is -0.495 e. The highest BCUT2D eigenvalue weighted by Crippen LogP contribution is 2.36. The van der Waals surface area contributed by atoms with Gasteiger partial charge in [0.2, 0.25) is 0 Å². The van der Waals surface area contributed by atoms with Gasteiger partial charge in [-0.3, -0.25) is 0 Å². The minimum absolute atomic E-state index is 0.0752. The van der Waals surface area contributed by atoms with Crippen molar-refractivity contribution in [2.45, 2.75) is 4.90 Å². The van der Waals surface area contributed by atoms with Crippen LogP contribution in [-0.2, 0) is 10.1 Å². The minimum atomic E-state index is -4.25. The van der Waals surface area contributed by atoms with E-state index in [4.69, 9.17) is 55.3 Å². The summed E-state index contributed by atoms with van der Waals surface area (Å²) in [4.78, 5) is -0.309. The van der Waals surface area contributed by atoms with Crippen molar-refractivity contribution in [1.82, 2.24) is 0 Å². The van der Waals surface area contributed by atoms with Crippen molar-refractivity contribution in [3.05, 3.63) is 50.4 Å². The molecule has 22 heavy (non-hydrogen) atoms. The van der Waals surface area contributed by atoms with Gasteiger partial charge in [-0.05, 0) is 18.2 Å². The van der Waals surface area contributed by atoms with E-state index in [1.165, 1.54) is 31.4 Å². The summed E-state index contributed by atoms with van der Waals surface area (Å²) in [6.45, 7) is 0. The molecule has 2 aromatic rings. The molecule has 0 aliphatic carbocycles. The number of methoxy groups -OCH3 is 1. The number of benzene rings is 2. The third kappa shape index (κ3) is 3.73. The highest BCUT2D eigenvalue weighted by Gasteiger charge is 2.24. The lowest BCUT2D eigenvalue weighted by Gasteiger charge is -2.12. The quantitative estimate of drug-likeness (QED) is 0.670. The zero-order valence-corrected chi connectivity index (χ0v) is 14.8. The smallest absolute Gasteiger partial charge is 0.340 e. The molecule has 4 nitrogen and oxygen atoms in total. The summed E-state index contributed by atoms with van der Waals surface area (Å²) in [5, 5.41) is 0.336. The van der Waals surface area contributed by atoms with Crippen molar-refractivity contribution in [2.24, 2.45) is 0 Å². The molecular weight excluding hydrogens is 394 g/mol. The van der Waals surface area contributed by atoms with Gasteiger partial charge in [0.25, 0.3) is 0 Å². The van der Waals surface area contributed by atoms with Crippen LogP contribution in [0.15, 0.2) is 35.2 Å². The van der Waals surface area contributed by atoms with Crippen molar-refractivity contribution in [2.75, 3.05) is 7.11 Å². The Bertz CT molecular complexity index is 821. The first-order chi connectivity index (χ1) is 10.2. The molecule has 0 aliphatic heterocycles. The first-order valence-electron chi connectivity index (χ1n) is 5.67.